The highest BCUT2D eigenvalue weighted by Crippen LogP contribution is 2.38. The maximum absolute atomic E-state index is 11.9. The number of hydrogen-bond acceptors (Lipinski definition) is 6. The van der Waals surface area contributed by atoms with E-state index < -0.39 is 11.7 Å². The number of pyridine rings is 1. The van der Waals surface area contributed by atoms with Crippen molar-refractivity contribution < 1.29 is 14.1 Å². The lowest BCUT2D eigenvalue weighted by Gasteiger charge is -2.19. The van der Waals surface area contributed by atoms with Crippen LogP contribution in [-0.4, -0.2) is 31.4 Å². The molecule has 0 saturated carbocycles. The van der Waals surface area contributed by atoms with E-state index in [9.17, 15) is 4.79 Å². The average Bonchev–Trinajstić information content (AvgIpc) is 3.27. The monoisotopic (exact) mass is 439 g/mol. The Hall–Kier alpha value is -3.39. The third-order valence-electron chi connectivity index (χ3n) is 4.42. The van der Waals surface area contributed by atoms with E-state index >= 15 is 0 Å². The molecule has 3 aromatic heterocycles. The van der Waals surface area contributed by atoms with Gasteiger partial charge in [0, 0.05) is 5.39 Å². The van der Waals surface area contributed by atoms with Crippen LogP contribution in [0.1, 0.15) is 32.3 Å². The number of benzene rings is 1. The summed E-state index contributed by atoms with van der Waals surface area (Å²) in [5.41, 5.74) is 2.39. The third kappa shape index (κ3) is 4.39. The zero-order valence-corrected chi connectivity index (χ0v) is 18.4. The van der Waals surface area contributed by atoms with Crippen LogP contribution in [0.3, 0.4) is 0 Å². The summed E-state index contributed by atoms with van der Waals surface area (Å²) in [5, 5.41) is 7.99. The fourth-order valence-corrected chi connectivity index (χ4v) is 3.51. The lowest BCUT2D eigenvalue weighted by molar-refractivity contribution is 0.0523. The number of nitrogens with one attached hydrogen (secondary N) is 1. The van der Waals surface area contributed by atoms with E-state index in [1.807, 2.05) is 61.7 Å². The molecule has 9 heteroatoms. The van der Waals surface area contributed by atoms with Gasteiger partial charge in [-0.05, 0) is 45.9 Å². The fraction of sp³-hybridized carbons (Fsp3) is 0.273. The highest BCUT2D eigenvalue weighted by molar-refractivity contribution is 6.38. The molecule has 0 unspecified atom stereocenters. The Morgan fingerprint density at radius 1 is 1.23 bits per heavy atom. The normalized spacial score (nSPS) is 11.6. The molecule has 0 fully saturated rings. The number of halogens is 1. The quantitative estimate of drug-likeness (QED) is 0.477. The number of ether oxygens (including phenoxy) is 1. The Morgan fingerprint density at radius 3 is 2.65 bits per heavy atom. The molecule has 1 aromatic carbocycles. The Balaban J connectivity index is 1.67. The molecule has 0 saturated heterocycles. The number of aromatic nitrogens is 4. The molecule has 1 amide bonds. The van der Waals surface area contributed by atoms with Crippen molar-refractivity contribution in [3.05, 3.63) is 59.1 Å². The number of fused-ring (bicyclic) bond motifs is 1. The molecule has 31 heavy (non-hydrogen) atoms. The van der Waals surface area contributed by atoms with E-state index in [1.165, 1.54) is 0 Å². The van der Waals surface area contributed by atoms with Gasteiger partial charge in [-0.3, -0.25) is 4.98 Å². The van der Waals surface area contributed by atoms with Gasteiger partial charge in [-0.2, -0.15) is 4.98 Å². The summed E-state index contributed by atoms with van der Waals surface area (Å²) in [6.45, 7) is 7.44. The van der Waals surface area contributed by atoms with E-state index in [4.69, 9.17) is 20.9 Å². The second-order valence-electron chi connectivity index (χ2n) is 8.03. The molecule has 4 aromatic rings. The first kappa shape index (κ1) is 20.9. The van der Waals surface area contributed by atoms with E-state index in [2.05, 4.69) is 20.4 Å². The Labute approximate surface area is 184 Å². The summed E-state index contributed by atoms with van der Waals surface area (Å²) in [5.74, 6) is 0.846. The summed E-state index contributed by atoms with van der Waals surface area (Å²) in [7, 11) is 0. The number of hydrogen-bond donors (Lipinski definition) is 1. The standard InChI is InChI=1S/C22H22ClN5O3/c1-13-26-20(31-27-13)19-18(23)16-7-5-6-8-17(16)28(19)15-10-9-14(24-12-15)11-25-21(29)30-22(2,3)4/h5-10,12H,11H2,1-4H3,(H,25,29). The third-order valence-corrected chi connectivity index (χ3v) is 4.81. The predicted octanol–water partition coefficient (Wildman–Crippen LogP) is 5.06. The fourth-order valence-electron chi connectivity index (χ4n) is 3.18. The van der Waals surface area contributed by atoms with Crippen LogP contribution < -0.4 is 5.32 Å². The zero-order valence-electron chi connectivity index (χ0n) is 17.6. The molecule has 0 aliphatic carbocycles. The van der Waals surface area contributed by atoms with Crippen LogP contribution in [0, 0.1) is 6.92 Å². The minimum atomic E-state index is -0.556. The average molecular weight is 440 g/mol. The number of alkyl carbamates (subject to hydrolysis) is 1. The van der Waals surface area contributed by atoms with Crippen LogP contribution in [0.2, 0.25) is 5.02 Å². The molecular weight excluding hydrogens is 418 g/mol. The van der Waals surface area contributed by atoms with Crippen molar-refractivity contribution in [3.63, 3.8) is 0 Å². The van der Waals surface area contributed by atoms with Gasteiger partial charge in [0.25, 0.3) is 5.89 Å². The van der Waals surface area contributed by atoms with Crippen molar-refractivity contribution in [2.45, 2.75) is 39.8 Å². The molecule has 0 spiro atoms. The van der Waals surface area contributed by atoms with Gasteiger partial charge in [0.15, 0.2) is 5.82 Å². The van der Waals surface area contributed by atoms with Crippen LogP contribution in [0.25, 0.3) is 28.2 Å². The minimum absolute atomic E-state index is 0.248. The number of amides is 1. The van der Waals surface area contributed by atoms with Gasteiger partial charge in [-0.15, -0.1) is 0 Å². The van der Waals surface area contributed by atoms with Crippen molar-refractivity contribution >= 4 is 28.6 Å². The summed E-state index contributed by atoms with van der Waals surface area (Å²) in [6, 6.07) is 11.5. The Bertz CT molecular complexity index is 1240. The molecule has 0 radical (unpaired) electrons. The highest BCUT2D eigenvalue weighted by atomic mass is 35.5. The van der Waals surface area contributed by atoms with Gasteiger partial charge in [0.05, 0.1) is 34.7 Å². The Morgan fingerprint density at radius 2 is 2.00 bits per heavy atom. The van der Waals surface area contributed by atoms with Gasteiger partial charge in [-0.25, -0.2) is 4.79 Å². The molecule has 1 N–H and O–H groups in total. The number of para-hydroxylation sites is 1. The molecule has 0 aliphatic heterocycles. The highest BCUT2D eigenvalue weighted by Gasteiger charge is 2.23. The van der Waals surface area contributed by atoms with Crippen molar-refractivity contribution in [1.82, 2.24) is 25.0 Å². The Kier molecular flexibility index (Phi) is 5.41. The lowest BCUT2D eigenvalue weighted by Crippen LogP contribution is -2.32. The van der Waals surface area contributed by atoms with Crippen LogP contribution in [0.4, 0.5) is 4.79 Å². The number of aryl methyl sites for hydroxylation is 1. The zero-order chi connectivity index (χ0) is 22.2. The van der Waals surface area contributed by atoms with Crippen molar-refractivity contribution in [2.75, 3.05) is 0 Å². The molecule has 3 heterocycles. The molecule has 0 aliphatic rings. The van der Waals surface area contributed by atoms with Gasteiger partial charge in [-0.1, -0.05) is 35.0 Å². The first-order valence-corrected chi connectivity index (χ1v) is 10.1. The largest absolute Gasteiger partial charge is 0.444 e. The summed E-state index contributed by atoms with van der Waals surface area (Å²) >= 11 is 6.69. The second kappa shape index (κ2) is 8.03. The summed E-state index contributed by atoms with van der Waals surface area (Å²) in [4.78, 5) is 20.7. The maximum atomic E-state index is 11.9. The number of carbonyl (C=O) groups is 1. The number of carbonyl (C=O) groups excluding carboxylic acids is 1. The molecule has 8 nitrogen and oxygen atoms in total. The van der Waals surface area contributed by atoms with Crippen LogP contribution >= 0.6 is 11.6 Å². The van der Waals surface area contributed by atoms with Crippen molar-refractivity contribution in [1.29, 1.82) is 0 Å². The summed E-state index contributed by atoms with van der Waals surface area (Å²) < 4.78 is 12.6. The van der Waals surface area contributed by atoms with E-state index in [0.29, 0.717) is 28.1 Å². The first-order valence-electron chi connectivity index (χ1n) is 9.75. The van der Waals surface area contributed by atoms with Gasteiger partial charge >= 0.3 is 6.09 Å². The van der Waals surface area contributed by atoms with Crippen molar-refractivity contribution in [3.8, 4) is 17.3 Å². The molecule has 0 atom stereocenters. The molecular formula is C22H22ClN5O3. The number of nitrogens with zero attached hydrogens (tertiary/aromatic N) is 4. The second-order valence-corrected chi connectivity index (χ2v) is 8.40. The lowest BCUT2D eigenvalue weighted by atomic mass is 10.2. The predicted molar refractivity (Wildman–Crippen MR) is 117 cm³/mol. The topological polar surface area (TPSA) is 95.1 Å². The van der Waals surface area contributed by atoms with Crippen LogP contribution in [-0.2, 0) is 11.3 Å². The van der Waals surface area contributed by atoms with Gasteiger partial charge in [0.1, 0.15) is 11.3 Å². The van der Waals surface area contributed by atoms with Crippen LogP contribution in [0.5, 0.6) is 0 Å². The van der Waals surface area contributed by atoms with Gasteiger partial charge in [0.2, 0.25) is 0 Å². The number of rotatable bonds is 4. The van der Waals surface area contributed by atoms with E-state index in [0.717, 1.165) is 16.6 Å². The van der Waals surface area contributed by atoms with Crippen LogP contribution in [0.15, 0.2) is 47.1 Å². The van der Waals surface area contributed by atoms with Crippen molar-refractivity contribution in [2.24, 2.45) is 0 Å². The first-order chi connectivity index (χ1) is 14.7. The smallest absolute Gasteiger partial charge is 0.407 e. The minimum Gasteiger partial charge on any atom is -0.444 e. The molecule has 160 valence electrons. The molecule has 4 rings (SSSR count). The maximum Gasteiger partial charge on any atom is 0.407 e. The van der Waals surface area contributed by atoms with Gasteiger partial charge < -0.3 is 19.1 Å². The van der Waals surface area contributed by atoms with E-state index in [-0.39, 0.29) is 6.54 Å². The molecule has 0 bridgehead atoms. The summed E-state index contributed by atoms with van der Waals surface area (Å²) in [6.07, 6.45) is 1.22. The van der Waals surface area contributed by atoms with E-state index in [1.54, 1.807) is 13.1 Å². The SMILES string of the molecule is Cc1noc(-c2c(Cl)c3ccccc3n2-c2ccc(CNC(=O)OC(C)(C)C)nc2)n1.